The molecule has 0 bridgehead atoms. The molecule has 0 unspecified atom stereocenters. The molecule has 4 nitrogen and oxygen atoms in total. The molecule has 0 heterocycles. The third-order valence-electron chi connectivity index (χ3n) is 3.82. The van der Waals surface area contributed by atoms with Gasteiger partial charge in [-0.25, -0.2) is 0 Å². The van der Waals surface area contributed by atoms with Crippen molar-refractivity contribution < 1.29 is 9.53 Å². The Hall–Kier alpha value is -1.28. The highest BCUT2D eigenvalue weighted by Crippen LogP contribution is 2.49. The first-order chi connectivity index (χ1) is 10.0. The highest BCUT2D eigenvalue weighted by molar-refractivity contribution is 6.42. The van der Waals surface area contributed by atoms with Crippen molar-refractivity contribution in [3.05, 3.63) is 33.8 Å². The van der Waals surface area contributed by atoms with Crippen molar-refractivity contribution in [2.75, 3.05) is 13.7 Å². The monoisotopic (exact) mass is 326 g/mol. The molecule has 6 heteroatoms. The minimum atomic E-state index is -0.802. The second kappa shape index (κ2) is 6.65. The topological polar surface area (TPSA) is 62.1 Å². The van der Waals surface area contributed by atoms with E-state index in [4.69, 9.17) is 27.9 Å². The molecule has 1 aromatic rings. The van der Waals surface area contributed by atoms with Gasteiger partial charge in [-0.1, -0.05) is 35.3 Å². The summed E-state index contributed by atoms with van der Waals surface area (Å²) < 4.78 is 5.04. The van der Waals surface area contributed by atoms with E-state index in [-0.39, 0.29) is 5.91 Å². The first-order valence-corrected chi connectivity index (χ1v) is 7.43. The number of benzene rings is 1. The zero-order chi connectivity index (χ0) is 15.5. The summed E-state index contributed by atoms with van der Waals surface area (Å²) in [4.78, 5) is 12.4. The van der Waals surface area contributed by atoms with E-state index in [1.54, 1.807) is 25.3 Å². The van der Waals surface area contributed by atoms with Crippen LogP contribution >= 0.6 is 23.2 Å². The lowest BCUT2D eigenvalue weighted by molar-refractivity contribution is -0.127. The molecule has 0 aromatic heterocycles. The minimum absolute atomic E-state index is 0.123. The maximum absolute atomic E-state index is 12.4. The molecule has 1 saturated carbocycles. The van der Waals surface area contributed by atoms with Crippen molar-refractivity contribution in [1.29, 1.82) is 5.26 Å². The van der Waals surface area contributed by atoms with Crippen LogP contribution in [0.1, 0.15) is 30.9 Å². The van der Waals surface area contributed by atoms with Crippen LogP contribution in [-0.4, -0.2) is 19.6 Å². The normalized spacial score (nSPS) is 16.9. The van der Waals surface area contributed by atoms with E-state index >= 15 is 0 Å². The Morgan fingerprint density at radius 3 is 2.81 bits per heavy atom. The minimum Gasteiger partial charge on any atom is -0.385 e. The summed E-state index contributed by atoms with van der Waals surface area (Å²) in [6.07, 6.45) is 2.31. The Labute approximate surface area is 134 Å². The third kappa shape index (κ3) is 3.49. The number of carbonyl (C=O) groups is 1. The van der Waals surface area contributed by atoms with Gasteiger partial charge >= 0.3 is 0 Å². The molecular formula is C15H16Cl2N2O2. The summed E-state index contributed by atoms with van der Waals surface area (Å²) in [5, 5.41) is 12.7. The predicted octanol–water partition coefficient (Wildman–Crippen LogP) is 3.49. The van der Waals surface area contributed by atoms with Gasteiger partial charge in [0.25, 0.3) is 0 Å². The van der Waals surface area contributed by atoms with Crippen molar-refractivity contribution in [3.8, 4) is 6.07 Å². The van der Waals surface area contributed by atoms with Crippen LogP contribution in [0, 0.1) is 16.7 Å². The van der Waals surface area contributed by atoms with Gasteiger partial charge < -0.3 is 10.1 Å². The predicted molar refractivity (Wildman–Crippen MR) is 81.1 cm³/mol. The molecule has 1 fully saturated rings. The van der Waals surface area contributed by atoms with Crippen molar-refractivity contribution in [2.45, 2.75) is 25.3 Å². The second-order valence-electron chi connectivity index (χ2n) is 5.20. The Morgan fingerprint density at radius 1 is 1.52 bits per heavy atom. The first kappa shape index (κ1) is 16.1. The number of ether oxygens (including phenoxy) is 1. The smallest absolute Gasteiger partial charge is 0.227 e. The molecule has 1 amide bonds. The molecule has 112 valence electrons. The number of amides is 1. The Bertz CT molecular complexity index is 580. The van der Waals surface area contributed by atoms with E-state index in [1.807, 2.05) is 0 Å². The molecule has 1 atom stereocenters. The lowest BCUT2D eigenvalue weighted by Gasteiger charge is -2.19. The number of methoxy groups -OCH3 is 1. The lowest BCUT2D eigenvalue weighted by Crippen LogP contribution is -2.35. The fraction of sp³-hybridized carbons (Fsp3) is 0.467. The summed E-state index contributed by atoms with van der Waals surface area (Å²) in [6, 6.07) is 6.31. The molecule has 21 heavy (non-hydrogen) atoms. The van der Waals surface area contributed by atoms with Crippen LogP contribution in [0.2, 0.25) is 10.0 Å². The van der Waals surface area contributed by atoms with Gasteiger partial charge in [0.15, 0.2) is 0 Å². The summed E-state index contributed by atoms with van der Waals surface area (Å²) >= 11 is 12.1. The molecule has 1 aromatic carbocycles. The molecular weight excluding hydrogens is 311 g/mol. The van der Waals surface area contributed by atoms with Gasteiger partial charge in [-0.3, -0.25) is 4.79 Å². The standard InChI is InChI=1S/C15H16Cl2N2O2/c1-21-8-7-15(5-6-15)14(20)19-12(9-18)10-3-2-4-11(16)13(10)17/h2-4,12H,5-8H2,1H3,(H,19,20)/t12-/m0/s1. The van der Waals surface area contributed by atoms with Crippen molar-refractivity contribution >= 4 is 29.1 Å². The van der Waals surface area contributed by atoms with Crippen molar-refractivity contribution in [2.24, 2.45) is 5.41 Å². The maximum Gasteiger partial charge on any atom is 0.227 e. The average molecular weight is 327 g/mol. The van der Waals surface area contributed by atoms with Gasteiger partial charge in [0, 0.05) is 19.3 Å². The Kier molecular flexibility index (Phi) is 5.10. The number of rotatable bonds is 6. The zero-order valence-electron chi connectivity index (χ0n) is 11.7. The van der Waals surface area contributed by atoms with Crippen LogP contribution in [0.3, 0.4) is 0 Å². The van der Waals surface area contributed by atoms with Gasteiger partial charge in [0.1, 0.15) is 6.04 Å². The largest absolute Gasteiger partial charge is 0.385 e. The summed E-state index contributed by atoms with van der Waals surface area (Å²) in [5.74, 6) is -0.123. The second-order valence-corrected chi connectivity index (χ2v) is 5.99. The fourth-order valence-corrected chi connectivity index (χ4v) is 2.66. The zero-order valence-corrected chi connectivity index (χ0v) is 13.2. The van der Waals surface area contributed by atoms with Crippen LogP contribution < -0.4 is 5.32 Å². The van der Waals surface area contributed by atoms with Crippen molar-refractivity contribution in [1.82, 2.24) is 5.32 Å². The number of hydrogen-bond acceptors (Lipinski definition) is 3. The number of nitriles is 1. The summed E-state index contributed by atoms with van der Waals surface area (Å²) in [7, 11) is 1.61. The van der Waals surface area contributed by atoms with E-state index in [1.165, 1.54) is 0 Å². The van der Waals surface area contributed by atoms with Gasteiger partial charge in [-0.2, -0.15) is 5.26 Å². The molecule has 0 spiro atoms. The average Bonchev–Trinajstić information content (AvgIpc) is 3.27. The number of halogens is 2. The number of nitrogens with one attached hydrogen (secondary N) is 1. The van der Waals surface area contributed by atoms with E-state index < -0.39 is 11.5 Å². The molecule has 2 rings (SSSR count). The molecule has 1 aliphatic rings. The van der Waals surface area contributed by atoms with Gasteiger partial charge in [0.05, 0.1) is 21.5 Å². The number of carbonyl (C=O) groups excluding carboxylic acids is 1. The van der Waals surface area contributed by atoms with Crippen LogP contribution in [0.4, 0.5) is 0 Å². The van der Waals surface area contributed by atoms with Crippen LogP contribution in [0.25, 0.3) is 0 Å². The summed E-state index contributed by atoms with van der Waals surface area (Å²) in [5.41, 5.74) is 0.124. The van der Waals surface area contributed by atoms with Crippen LogP contribution in [0.5, 0.6) is 0 Å². The highest BCUT2D eigenvalue weighted by atomic mass is 35.5. The SMILES string of the molecule is COCCC1(C(=O)N[C@@H](C#N)c2cccc(Cl)c2Cl)CC1. The van der Waals surface area contributed by atoms with Crippen LogP contribution in [0.15, 0.2) is 18.2 Å². The van der Waals surface area contributed by atoms with Gasteiger partial charge in [0.2, 0.25) is 5.91 Å². The van der Waals surface area contributed by atoms with E-state index in [2.05, 4.69) is 11.4 Å². The quantitative estimate of drug-likeness (QED) is 0.870. The highest BCUT2D eigenvalue weighted by Gasteiger charge is 2.49. The first-order valence-electron chi connectivity index (χ1n) is 6.67. The fourth-order valence-electron chi connectivity index (χ4n) is 2.25. The van der Waals surface area contributed by atoms with E-state index in [0.717, 1.165) is 12.8 Å². The third-order valence-corrected chi connectivity index (χ3v) is 4.65. The van der Waals surface area contributed by atoms with Crippen LogP contribution in [-0.2, 0) is 9.53 Å². The molecule has 1 aliphatic carbocycles. The molecule has 0 saturated heterocycles. The molecule has 0 radical (unpaired) electrons. The summed E-state index contributed by atoms with van der Waals surface area (Å²) in [6.45, 7) is 0.530. The van der Waals surface area contributed by atoms with E-state index in [0.29, 0.717) is 28.6 Å². The van der Waals surface area contributed by atoms with Gasteiger partial charge in [-0.15, -0.1) is 0 Å². The molecule has 0 aliphatic heterocycles. The number of nitrogens with zero attached hydrogens (tertiary/aromatic N) is 1. The Balaban J connectivity index is 2.11. The molecule has 1 N–H and O–H groups in total. The van der Waals surface area contributed by atoms with Gasteiger partial charge in [-0.05, 0) is 25.3 Å². The van der Waals surface area contributed by atoms with E-state index in [9.17, 15) is 10.1 Å². The lowest BCUT2D eigenvalue weighted by atomic mass is 10.0. The maximum atomic E-state index is 12.4. The Morgan fingerprint density at radius 2 is 2.24 bits per heavy atom. The number of hydrogen-bond donors (Lipinski definition) is 1. The van der Waals surface area contributed by atoms with Crippen molar-refractivity contribution in [3.63, 3.8) is 0 Å².